The Morgan fingerprint density at radius 1 is 1.31 bits per heavy atom. The third-order valence-corrected chi connectivity index (χ3v) is 7.27. The number of amides is 2. The SMILES string of the molecule is CCOC(=O)C1CCCN(C(=O)c2ccc(Cl)c(N3C(=O)C(C)CS3(=O)=O)c2)C1. The van der Waals surface area contributed by atoms with Crippen LogP contribution in [0.15, 0.2) is 18.2 Å². The second-order valence-electron chi connectivity index (χ2n) is 7.29. The van der Waals surface area contributed by atoms with E-state index in [9.17, 15) is 22.8 Å². The van der Waals surface area contributed by atoms with E-state index in [0.29, 0.717) is 23.7 Å². The van der Waals surface area contributed by atoms with Crippen molar-refractivity contribution in [2.24, 2.45) is 11.8 Å². The molecule has 8 nitrogen and oxygen atoms in total. The van der Waals surface area contributed by atoms with Crippen LogP contribution in [-0.2, 0) is 24.3 Å². The molecule has 10 heteroatoms. The molecule has 0 aliphatic carbocycles. The summed E-state index contributed by atoms with van der Waals surface area (Å²) < 4.78 is 30.5. The summed E-state index contributed by atoms with van der Waals surface area (Å²) in [4.78, 5) is 38.9. The Morgan fingerprint density at radius 2 is 2.03 bits per heavy atom. The Hall–Kier alpha value is -2.13. The van der Waals surface area contributed by atoms with Crippen LogP contribution in [0.1, 0.15) is 37.0 Å². The molecule has 2 unspecified atom stereocenters. The number of rotatable bonds is 4. The molecule has 2 fully saturated rings. The summed E-state index contributed by atoms with van der Waals surface area (Å²) >= 11 is 6.16. The zero-order valence-corrected chi connectivity index (χ0v) is 17.8. The maximum absolute atomic E-state index is 13.0. The van der Waals surface area contributed by atoms with Gasteiger partial charge in [-0.25, -0.2) is 12.7 Å². The van der Waals surface area contributed by atoms with Gasteiger partial charge in [0.15, 0.2) is 0 Å². The number of hydrogen-bond acceptors (Lipinski definition) is 6. The van der Waals surface area contributed by atoms with Crippen LogP contribution in [0.4, 0.5) is 5.69 Å². The van der Waals surface area contributed by atoms with Gasteiger partial charge in [0.2, 0.25) is 15.9 Å². The molecule has 1 aromatic carbocycles. The number of esters is 1. The van der Waals surface area contributed by atoms with Crippen molar-refractivity contribution in [2.75, 3.05) is 29.8 Å². The van der Waals surface area contributed by atoms with Gasteiger partial charge in [-0.05, 0) is 38.0 Å². The highest BCUT2D eigenvalue weighted by Crippen LogP contribution is 2.35. The number of anilines is 1. The van der Waals surface area contributed by atoms with Crippen molar-refractivity contribution < 1.29 is 27.5 Å². The number of benzene rings is 1. The quantitative estimate of drug-likeness (QED) is 0.661. The van der Waals surface area contributed by atoms with Crippen molar-refractivity contribution in [3.63, 3.8) is 0 Å². The third kappa shape index (κ3) is 4.25. The molecule has 2 heterocycles. The minimum atomic E-state index is -3.84. The lowest BCUT2D eigenvalue weighted by Gasteiger charge is -2.31. The van der Waals surface area contributed by atoms with Gasteiger partial charge in [-0.2, -0.15) is 0 Å². The maximum atomic E-state index is 13.0. The fourth-order valence-electron chi connectivity index (χ4n) is 3.67. The van der Waals surface area contributed by atoms with Crippen molar-refractivity contribution in [1.82, 2.24) is 4.90 Å². The van der Waals surface area contributed by atoms with E-state index in [-0.39, 0.29) is 53.0 Å². The van der Waals surface area contributed by atoms with E-state index < -0.39 is 21.8 Å². The van der Waals surface area contributed by atoms with Crippen molar-refractivity contribution in [3.8, 4) is 0 Å². The van der Waals surface area contributed by atoms with E-state index in [1.807, 2.05) is 0 Å². The number of ether oxygens (including phenoxy) is 1. The standard InChI is InChI=1S/C19H23ClN2O6S/c1-3-28-19(25)14-5-4-8-21(10-14)18(24)13-6-7-15(20)16(9-13)22-17(23)12(2)11-29(22,26)27/h6-7,9,12,14H,3-5,8,10-11H2,1-2H3. The molecule has 29 heavy (non-hydrogen) atoms. The van der Waals surface area contributed by atoms with Crippen molar-refractivity contribution in [1.29, 1.82) is 0 Å². The molecule has 0 radical (unpaired) electrons. The molecule has 0 saturated carbocycles. The van der Waals surface area contributed by atoms with Gasteiger partial charge in [0.25, 0.3) is 5.91 Å². The largest absolute Gasteiger partial charge is 0.466 e. The van der Waals surface area contributed by atoms with Crippen LogP contribution in [0.5, 0.6) is 0 Å². The van der Waals surface area contributed by atoms with Gasteiger partial charge in [-0.3, -0.25) is 14.4 Å². The molecule has 2 atom stereocenters. The van der Waals surface area contributed by atoms with Crippen molar-refractivity contribution in [2.45, 2.75) is 26.7 Å². The van der Waals surface area contributed by atoms with E-state index in [1.54, 1.807) is 11.8 Å². The fraction of sp³-hybridized carbons (Fsp3) is 0.526. The van der Waals surface area contributed by atoms with Gasteiger partial charge < -0.3 is 9.64 Å². The Bertz CT molecular complexity index is 948. The van der Waals surface area contributed by atoms with E-state index in [0.717, 1.165) is 0 Å². The monoisotopic (exact) mass is 442 g/mol. The van der Waals surface area contributed by atoms with Crippen LogP contribution in [0.25, 0.3) is 0 Å². The molecule has 1 aromatic rings. The highest BCUT2D eigenvalue weighted by atomic mass is 35.5. The number of sulfonamides is 1. The average Bonchev–Trinajstić information content (AvgIpc) is 2.89. The first-order chi connectivity index (χ1) is 13.7. The fourth-order valence-corrected chi connectivity index (χ4v) is 5.75. The summed E-state index contributed by atoms with van der Waals surface area (Å²) in [7, 11) is -3.84. The zero-order chi connectivity index (χ0) is 21.3. The number of carbonyl (C=O) groups excluding carboxylic acids is 3. The molecule has 0 N–H and O–H groups in total. The van der Waals surface area contributed by atoms with Gasteiger partial charge in [0, 0.05) is 18.7 Å². The molecule has 3 rings (SSSR count). The first kappa shape index (κ1) is 21.6. The number of nitrogens with zero attached hydrogens (tertiary/aromatic N) is 2. The zero-order valence-electron chi connectivity index (χ0n) is 16.3. The number of likely N-dealkylation sites (tertiary alicyclic amines) is 1. The minimum Gasteiger partial charge on any atom is -0.466 e. The number of hydrogen-bond donors (Lipinski definition) is 0. The predicted molar refractivity (Wildman–Crippen MR) is 107 cm³/mol. The lowest BCUT2D eigenvalue weighted by atomic mass is 9.97. The molecular formula is C19H23ClN2O6S. The van der Waals surface area contributed by atoms with Crippen molar-refractivity contribution >= 4 is 45.1 Å². The summed E-state index contributed by atoms with van der Waals surface area (Å²) in [6, 6.07) is 4.22. The molecule has 2 aliphatic heterocycles. The first-order valence-corrected chi connectivity index (χ1v) is 11.5. The van der Waals surface area contributed by atoms with Crippen LogP contribution >= 0.6 is 11.6 Å². The van der Waals surface area contributed by atoms with Crippen LogP contribution < -0.4 is 4.31 Å². The summed E-state index contributed by atoms with van der Waals surface area (Å²) in [5, 5.41) is 0.0654. The molecule has 2 amide bonds. The summed E-state index contributed by atoms with van der Waals surface area (Å²) in [5.74, 6) is -2.62. The molecule has 0 spiro atoms. The van der Waals surface area contributed by atoms with Gasteiger partial charge in [0.05, 0.1) is 34.9 Å². The average molecular weight is 443 g/mol. The van der Waals surface area contributed by atoms with Crippen LogP contribution in [0.3, 0.4) is 0 Å². The number of carbonyl (C=O) groups is 3. The lowest BCUT2D eigenvalue weighted by molar-refractivity contribution is -0.149. The topological polar surface area (TPSA) is 101 Å². The summed E-state index contributed by atoms with van der Waals surface area (Å²) in [5.41, 5.74) is 0.183. The second kappa shape index (κ2) is 8.31. The van der Waals surface area contributed by atoms with Crippen LogP contribution in [-0.4, -0.2) is 56.6 Å². The van der Waals surface area contributed by atoms with Crippen LogP contribution in [0, 0.1) is 11.8 Å². The van der Waals surface area contributed by atoms with E-state index in [1.165, 1.54) is 25.1 Å². The van der Waals surface area contributed by atoms with Gasteiger partial charge in [-0.1, -0.05) is 18.5 Å². The highest BCUT2D eigenvalue weighted by molar-refractivity contribution is 7.94. The Kier molecular flexibility index (Phi) is 6.19. The molecule has 2 aliphatic rings. The highest BCUT2D eigenvalue weighted by Gasteiger charge is 2.43. The predicted octanol–water partition coefficient (Wildman–Crippen LogP) is 2.07. The minimum absolute atomic E-state index is 0.0224. The van der Waals surface area contributed by atoms with Crippen molar-refractivity contribution in [3.05, 3.63) is 28.8 Å². The van der Waals surface area contributed by atoms with Gasteiger partial charge >= 0.3 is 5.97 Å². The Morgan fingerprint density at radius 3 is 2.66 bits per heavy atom. The summed E-state index contributed by atoms with van der Waals surface area (Å²) in [6.45, 7) is 4.25. The summed E-state index contributed by atoms with van der Waals surface area (Å²) in [6.07, 6.45) is 1.30. The first-order valence-electron chi connectivity index (χ1n) is 9.48. The van der Waals surface area contributed by atoms with Crippen LogP contribution in [0.2, 0.25) is 5.02 Å². The number of piperidine rings is 1. The smallest absolute Gasteiger partial charge is 0.310 e. The van der Waals surface area contributed by atoms with E-state index in [2.05, 4.69) is 0 Å². The van der Waals surface area contributed by atoms with E-state index >= 15 is 0 Å². The lowest BCUT2D eigenvalue weighted by Crippen LogP contribution is -2.43. The normalized spacial score (nSPS) is 23.9. The molecule has 158 valence electrons. The molecule has 2 saturated heterocycles. The molecule has 0 aromatic heterocycles. The third-order valence-electron chi connectivity index (χ3n) is 5.10. The van der Waals surface area contributed by atoms with Gasteiger partial charge in [-0.15, -0.1) is 0 Å². The Balaban J connectivity index is 1.87. The second-order valence-corrected chi connectivity index (χ2v) is 9.56. The van der Waals surface area contributed by atoms with E-state index in [4.69, 9.17) is 16.3 Å². The maximum Gasteiger partial charge on any atom is 0.310 e. The number of halogens is 1. The molecule has 0 bridgehead atoms. The molecular weight excluding hydrogens is 420 g/mol. The van der Waals surface area contributed by atoms with Gasteiger partial charge in [0.1, 0.15) is 0 Å². The Labute approximate surface area is 174 Å².